The third-order valence-electron chi connectivity index (χ3n) is 9.25. The molecule has 4 heterocycles. The Bertz CT molecular complexity index is 1490. The summed E-state index contributed by atoms with van der Waals surface area (Å²) in [5.41, 5.74) is 3.76. The molecule has 2 aromatic carbocycles. The number of hydrogen-bond donors (Lipinski definition) is 1. The highest BCUT2D eigenvalue weighted by Gasteiger charge is 2.27. The number of hydrogen-bond acceptors (Lipinski definition) is 9. The third kappa shape index (κ3) is 14.4. The molecule has 0 saturated carbocycles. The third-order valence-corrected chi connectivity index (χ3v) is 10.2. The first-order valence-corrected chi connectivity index (χ1v) is 20.6. The number of halogens is 2. The number of amides is 2. The Morgan fingerprint density at radius 3 is 1.60 bits per heavy atom. The van der Waals surface area contributed by atoms with Gasteiger partial charge in [0.2, 0.25) is 0 Å². The number of piperazine rings is 2. The summed E-state index contributed by atoms with van der Waals surface area (Å²) in [6, 6.07) is 12.4. The van der Waals surface area contributed by atoms with Crippen LogP contribution in [0.4, 0.5) is 21.0 Å². The highest BCUT2D eigenvalue weighted by Crippen LogP contribution is 2.30. The van der Waals surface area contributed by atoms with Crippen molar-refractivity contribution in [2.75, 3.05) is 88.3 Å². The van der Waals surface area contributed by atoms with E-state index in [0.717, 1.165) is 112 Å². The molecule has 4 saturated heterocycles. The van der Waals surface area contributed by atoms with E-state index in [2.05, 4.69) is 70.1 Å². The van der Waals surface area contributed by atoms with Gasteiger partial charge in [0.05, 0.1) is 0 Å². The number of rotatable bonds is 5. The summed E-state index contributed by atoms with van der Waals surface area (Å²) in [5.74, 6) is 0. The van der Waals surface area contributed by atoms with Gasteiger partial charge in [0.25, 0.3) is 0 Å². The fourth-order valence-corrected chi connectivity index (χ4v) is 7.30. The van der Waals surface area contributed by atoms with Gasteiger partial charge in [0.1, 0.15) is 11.2 Å². The largest absolute Gasteiger partial charge is 0.444 e. The molecule has 0 radical (unpaired) electrons. The quantitative estimate of drug-likeness (QED) is 0.303. The molecule has 2 amide bonds. The Kier molecular flexibility index (Phi) is 16.3. The van der Waals surface area contributed by atoms with Crippen molar-refractivity contribution < 1.29 is 23.9 Å². The first-order chi connectivity index (χ1) is 25.1. The van der Waals surface area contributed by atoms with Gasteiger partial charge in [0.15, 0.2) is 6.29 Å². The van der Waals surface area contributed by atoms with Crippen LogP contribution in [0.2, 0.25) is 0 Å². The molecule has 1 N–H and O–H groups in total. The van der Waals surface area contributed by atoms with E-state index in [-0.39, 0.29) is 17.8 Å². The van der Waals surface area contributed by atoms with Crippen LogP contribution in [-0.4, -0.2) is 123 Å². The number of ether oxygens (including phenoxy) is 2. The van der Waals surface area contributed by atoms with E-state index in [1.165, 1.54) is 36.9 Å². The average Bonchev–Trinajstić information content (AvgIpc) is 3.85. The highest BCUT2D eigenvalue weighted by molar-refractivity contribution is 9.10. The number of nitrogens with one attached hydrogen (secondary N) is 1. The monoisotopic (exact) mass is 862 g/mol. The molecule has 294 valence electrons. The molecule has 0 spiro atoms. The summed E-state index contributed by atoms with van der Waals surface area (Å²) in [7, 11) is 0. The van der Waals surface area contributed by atoms with Crippen molar-refractivity contribution >= 4 is 61.7 Å². The van der Waals surface area contributed by atoms with Crippen LogP contribution in [0, 0.1) is 0 Å². The maximum absolute atomic E-state index is 12.2. The van der Waals surface area contributed by atoms with E-state index >= 15 is 0 Å². The Balaban J connectivity index is 0.000000196. The zero-order chi connectivity index (χ0) is 38.6. The number of carbonyl (C=O) groups is 3. The molecule has 4 aliphatic heterocycles. The van der Waals surface area contributed by atoms with Crippen LogP contribution >= 0.6 is 31.9 Å². The van der Waals surface area contributed by atoms with E-state index in [9.17, 15) is 14.4 Å². The van der Waals surface area contributed by atoms with Crippen LogP contribution in [0.1, 0.15) is 83.1 Å². The molecule has 53 heavy (non-hydrogen) atoms. The minimum atomic E-state index is -0.434. The lowest BCUT2D eigenvalue weighted by Gasteiger charge is -2.36. The molecule has 0 atom stereocenters. The van der Waals surface area contributed by atoms with E-state index in [1.807, 2.05) is 64.6 Å². The second-order valence-corrected chi connectivity index (χ2v) is 17.8. The number of nitrogens with zero attached hydrogens (tertiary/aromatic N) is 5. The van der Waals surface area contributed by atoms with Crippen molar-refractivity contribution in [2.45, 2.75) is 85.0 Å². The van der Waals surface area contributed by atoms with Gasteiger partial charge in [-0.05, 0) is 103 Å². The summed E-state index contributed by atoms with van der Waals surface area (Å²) in [4.78, 5) is 45.3. The molecule has 0 unspecified atom stereocenters. The van der Waals surface area contributed by atoms with Crippen LogP contribution in [-0.2, 0) is 16.0 Å². The lowest BCUT2D eigenvalue weighted by Crippen LogP contribution is -2.49. The van der Waals surface area contributed by atoms with Crippen molar-refractivity contribution in [1.29, 1.82) is 0 Å². The first kappa shape index (κ1) is 42.9. The molecule has 0 aliphatic carbocycles. The molecule has 11 nitrogen and oxygen atoms in total. The summed E-state index contributed by atoms with van der Waals surface area (Å²) in [5, 5.41) is 3.18. The van der Waals surface area contributed by atoms with Crippen LogP contribution in [0.3, 0.4) is 0 Å². The fourth-order valence-electron chi connectivity index (χ4n) is 6.60. The molecule has 0 aromatic heterocycles. The highest BCUT2D eigenvalue weighted by atomic mass is 79.9. The van der Waals surface area contributed by atoms with Crippen molar-refractivity contribution in [3.63, 3.8) is 0 Å². The van der Waals surface area contributed by atoms with Crippen molar-refractivity contribution in [3.05, 3.63) is 56.5 Å². The lowest BCUT2D eigenvalue weighted by molar-refractivity contribution is 0.0138. The molecule has 4 aliphatic rings. The van der Waals surface area contributed by atoms with Gasteiger partial charge >= 0.3 is 12.2 Å². The number of anilines is 2. The second kappa shape index (κ2) is 20.2. The van der Waals surface area contributed by atoms with Gasteiger partial charge in [0, 0.05) is 111 Å². The van der Waals surface area contributed by atoms with Gasteiger partial charge in [-0.2, -0.15) is 0 Å². The number of carbonyl (C=O) groups excluding carboxylic acids is 3. The predicted molar refractivity (Wildman–Crippen MR) is 220 cm³/mol. The normalized spacial score (nSPS) is 18.1. The van der Waals surface area contributed by atoms with Crippen molar-refractivity contribution in [2.24, 2.45) is 0 Å². The van der Waals surface area contributed by atoms with Crippen LogP contribution in [0.5, 0.6) is 0 Å². The summed E-state index contributed by atoms with van der Waals surface area (Å²) >= 11 is 7.05. The molecule has 0 bridgehead atoms. The van der Waals surface area contributed by atoms with Crippen LogP contribution in [0.15, 0.2) is 45.3 Å². The first-order valence-electron chi connectivity index (χ1n) is 19.0. The average molecular weight is 865 g/mol. The number of aldehydes is 1. The van der Waals surface area contributed by atoms with Gasteiger partial charge in [-0.1, -0.05) is 37.9 Å². The van der Waals surface area contributed by atoms with Gasteiger partial charge < -0.3 is 34.4 Å². The molecule has 4 fully saturated rings. The minimum absolute atomic E-state index is 0.196. The summed E-state index contributed by atoms with van der Waals surface area (Å²) < 4.78 is 12.9. The SMILES string of the molecule is CC(C)(C)OC(=O)N1CCN(Cc2ccc(Br)cc2N2CCCC2)CC1.CC(C)(C)OC(=O)N1CCNCC1.O=Cc1ccc(Br)cc1N1CCCC1. The fraction of sp³-hybridized carbons (Fsp3) is 0.625. The minimum Gasteiger partial charge on any atom is -0.444 e. The maximum Gasteiger partial charge on any atom is 0.410 e. The summed E-state index contributed by atoms with van der Waals surface area (Å²) in [6.07, 6.45) is 5.55. The van der Waals surface area contributed by atoms with Crippen molar-refractivity contribution in [1.82, 2.24) is 20.0 Å². The van der Waals surface area contributed by atoms with E-state index in [1.54, 1.807) is 4.90 Å². The van der Waals surface area contributed by atoms with Crippen LogP contribution in [0.25, 0.3) is 0 Å². The number of benzene rings is 2. The Labute approximate surface area is 333 Å². The molecule has 13 heteroatoms. The zero-order valence-electron chi connectivity index (χ0n) is 32.6. The smallest absolute Gasteiger partial charge is 0.410 e. The second-order valence-electron chi connectivity index (χ2n) is 15.9. The van der Waals surface area contributed by atoms with Gasteiger partial charge in [-0.15, -0.1) is 0 Å². The Morgan fingerprint density at radius 2 is 1.11 bits per heavy atom. The van der Waals surface area contributed by atoms with Gasteiger partial charge in [-0.25, -0.2) is 9.59 Å². The molecule has 6 rings (SSSR count). The van der Waals surface area contributed by atoms with E-state index in [4.69, 9.17) is 9.47 Å². The Morgan fingerprint density at radius 1 is 0.660 bits per heavy atom. The van der Waals surface area contributed by atoms with E-state index < -0.39 is 5.60 Å². The predicted octanol–water partition coefficient (Wildman–Crippen LogP) is 7.79. The molecule has 2 aromatic rings. The standard InChI is InChI=1S/C20H30BrN3O2.C11H12BrNO.C9H18N2O2/c1-20(2,3)26-19(25)24-12-10-22(11-13-24)15-16-6-7-17(21)14-18(16)23-8-4-5-9-23;12-10-4-3-9(8-14)11(7-10)13-5-1-2-6-13;1-9(2,3)13-8(12)11-6-4-10-5-7-11/h6-7,14H,4-5,8-13,15H2,1-3H3;3-4,7-8H,1-2,5-6H2;10H,4-7H2,1-3H3. The summed E-state index contributed by atoms with van der Waals surface area (Å²) in [6.45, 7) is 23.2. The van der Waals surface area contributed by atoms with Crippen LogP contribution < -0.4 is 15.1 Å². The zero-order valence-corrected chi connectivity index (χ0v) is 35.8. The maximum atomic E-state index is 12.2. The lowest BCUT2D eigenvalue weighted by atomic mass is 10.1. The Hall–Kier alpha value is -2.87. The molecular formula is C40H60Br2N6O5. The topological polar surface area (TPSA) is 97.9 Å². The van der Waals surface area contributed by atoms with Gasteiger partial charge in [-0.3, -0.25) is 9.69 Å². The molecular weight excluding hydrogens is 804 g/mol. The van der Waals surface area contributed by atoms with Crippen molar-refractivity contribution in [3.8, 4) is 0 Å². The van der Waals surface area contributed by atoms with E-state index in [0.29, 0.717) is 0 Å².